The molecule has 2 aromatic carbocycles. The number of benzene rings is 2. The van der Waals surface area contributed by atoms with E-state index < -0.39 is 17.7 Å². The van der Waals surface area contributed by atoms with E-state index in [4.69, 9.17) is 15.2 Å². The van der Waals surface area contributed by atoms with Gasteiger partial charge < -0.3 is 15.2 Å². The molecule has 3 nitrogen and oxygen atoms in total. The molecule has 0 saturated carbocycles. The van der Waals surface area contributed by atoms with Crippen molar-refractivity contribution in [3.8, 4) is 11.5 Å². The van der Waals surface area contributed by atoms with Crippen LogP contribution in [0, 0.1) is 11.6 Å². The Morgan fingerprint density at radius 1 is 0.850 bits per heavy atom. The zero-order chi connectivity index (χ0) is 14.1. The monoisotopic (exact) mass is 277 g/mol. The van der Waals surface area contributed by atoms with Crippen molar-refractivity contribution in [1.82, 2.24) is 0 Å². The van der Waals surface area contributed by atoms with Crippen molar-refractivity contribution in [2.75, 3.05) is 13.2 Å². The predicted molar refractivity (Wildman–Crippen MR) is 69.8 cm³/mol. The first-order valence-corrected chi connectivity index (χ1v) is 6.24. The molecule has 2 aromatic rings. The van der Waals surface area contributed by atoms with Crippen LogP contribution in [-0.2, 0) is 0 Å². The smallest absolute Gasteiger partial charge is 0.161 e. The summed E-state index contributed by atoms with van der Waals surface area (Å²) in [5.74, 6) is -0.0420. The van der Waals surface area contributed by atoms with E-state index in [1.807, 2.05) is 0 Å². The van der Waals surface area contributed by atoms with Crippen molar-refractivity contribution >= 4 is 0 Å². The van der Waals surface area contributed by atoms with Crippen LogP contribution in [0.15, 0.2) is 36.4 Å². The van der Waals surface area contributed by atoms with Crippen LogP contribution in [0.2, 0.25) is 0 Å². The summed E-state index contributed by atoms with van der Waals surface area (Å²) in [5, 5.41) is 0. The van der Waals surface area contributed by atoms with E-state index in [1.54, 1.807) is 18.2 Å². The summed E-state index contributed by atoms with van der Waals surface area (Å²) in [6.45, 7) is 0.980. The number of ether oxygens (including phenoxy) is 2. The molecule has 0 fully saturated rings. The Balaban J connectivity index is 1.95. The molecule has 1 atom stereocenters. The maximum atomic E-state index is 13.2. The van der Waals surface area contributed by atoms with Crippen LogP contribution in [0.5, 0.6) is 11.5 Å². The zero-order valence-corrected chi connectivity index (χ0v) is 10.6. The number of nitrogens with two attached hydrogens (primary N) is 1. The SMILES string of the molecule is NC(c1cc(F)cc(F)c1)c1ccc2c(c1)OCCO2. The predicted octanol–water partition coefficient (Wildman–Crippen LogP) is 2.78. The Morgan fingerprint density at radius 2 is 1.50 bits per heavy atom. The van der Waals surface area contributed by atoms with Crippen molar-refractivity contribution < 1.29 is 18.3 Å². The largest absolute Gasteiger partial charge is 0.486 e. The first-order valence-electron chi connectivity index (χ1n) is 6.24. The maximum absolute atomic E-state index is 13.2. The highest BCUT2D eigenvalue weighted by atomic mass is 19.1. The highest BCUT2D eigenvalue weighted by Crippen LogP contribution is 2.33. The van der Waals surface area contributed by atoms with Crippen molar-refractivity contribution in [1.29, 1.82) is 0 Å². The van der Waals surface area contributed by atoms with Crippen LogP contribution in [0.1, 0.15) is 17.2 Å². The van der Waals surface area contributed by atoms with Crippen LogP contribution in [0.4, 0.5) is 8.78 Å². The third kappa shape index (κ3) is 2.44. The molecule has 0 amide bonds. The molecule has 0 spiro atoms. The summed E-state index contributed by atoms with van der Waals surface area (Å²) in [5.41, 5.74) is 7.14. The van der Waals surface area contributed by atoms with E-state index in [9.17, 15) is 8.78 Å². The molecule has 1 unspecified atom stereocenters. The van der Waals surface area contributed by atoms with Gasteiger partial charge in [-0.15, -0.1) is 0 Å². The van der Waals surface area contributed by atoms with Crippen LogP contribution in [0.3, 0.4) is 0 Å². The lowest BCUT2D eigenvalue weighted by Gasteiger charge is -2.20. The summed E-state index contributed by atoms with van der Waals surface area (Å²) in [4.78, 5) is 0. The van der Waals surface area contributed by atoms with Crippen LogP contribution in [0.25, 0.3) is 0 Å². The highest BCUT2D eigenvalue weighted by Gasteiger charge is 2.16. The number of halogens is 2. The lowest BCUT2D eigenvalue weighted by Crippen LogP contribution is -2.17. The molecule has 1 aliphatic heterocycles. The topological polar surface area (TPSA) is 44.5 Å². The van der Waals surface area contributed by atoms with Gasteiger partial charge in [0.15, 0.2) is 11.5 Å². The average Bonchev–Trinajstić information content (AvgIpc) is 2.45. The average molecular weight is 277 g/mol. The quantitative estimate of drug-likeness (QED) is 0.918. The fraction of sp³-hybridized carbons (Fsp3) is 0.200. The summed E-state index contributed by atoms with van der Waals surface area (Å²) < 4.78 is 37.4. The number of hydrogen-bond acceptors (Lipinski definition) is 3. The lowest BCUT2D eigenvalue weighted by atomic mass is 9.99. The summed E-state index contributed by atoms with van der Waals surface area (Å²) in [6.07, 6.45) is 0. The number of hydrogen-bond donors (Lipinski definition) is 1. The second kappa shape index (κ2) is 5.09. The molecule has 104 valence electrons. The third-order valence-electron chi connectivity index (χ3n) is 3.17. The molecular weight excluding hydrogens is 264 g/mol. The molecule has 1 heterocycles. The Labute approximate surface area is 114 Å². The third-order valence-corrected chi connectivity index (χ3v) is 3.17. The zero-order valence-electron chi connectivity index (χ0n) is 10.6. The van der Waals surface area contributed by atoms with E-state index in [-0.39, 0.29) is 0 Å². The lowest BCUT2D eigenvalue weighted by molar-refractivity contribution is 0.171. The van der Waals surface area contributed by atoms with Gasteiger partial charge in [-0.25, -0.2) is 8.78 Å². The molecule has 20 heavy (non-hydrogen) atoms. The van der Waals surface area contributed by atoms with Crippen LogP contribution in [-0.4, -0.2) is 13.2 Å². The van der Waals surface area contributed by atoms with Gasteiger partial charge in [-0.1, -0.05) is 6.07 Å². The minimum atomic E-state index is -0.645. The second-order valence-corrected chi connectivity index (χ2v) is 4.58. The molecule has 2 N–H and O–H groups in total. The van der Waals surface area contributed by atoms with Crippen molar-refractivity contribution in [3.63, 3.8) is 0 Å². The van der Waals surface area contributed by atoms with Gasteiger partial charge in [0.1, 0.15) is 24.8 Å². The van der Waals surface area contributed by atoms with Gasteiger partial charge in [-0.05, 0) is 35.4 Å². The van der Waals surface area contributed by atoms with Gasteiger partial charge in [-0.2, -0.15) is 0 Å². The molecule has 0 aromatic heterocycles. The molecule has 0 saturated heterocycles. The van der Waals surface area contributed by atoms with Gasteiger partial charge in [-0.3, -0.25) is 0 Å². The molecule has 3 rings (SSSR count). The summed E-state index contributed by atoms with van der Waals surface area (Å²) >= 11 is 0. The minimum absolute atomic E-state index is 0.374. The van der Waals surface area contributed by atoms with E-state index in [0.29, 0.717) is 35.8 Å². The summed E-state index contributed by atoms with van der Waals surface area (Å²) in [7, 11) is 0. The van der Waals surface area contributed by atoms with Gasteiger partial charge >= 0.3 is 0 Å². The fourth-order valence-electron chi connectivity index (χ4n) is 2.20. The molecule has 0 aliphatic carbocycles. The van der Waals surface area contributed by atoms with Gasteiger partial charge in [0.05, 0.1) is 6.04 Å². The van der Waals surface area contributed by atoms with Crippen LogP contribution >= 0.6 is 0 Å². The van der Waals surface area contributed by atoms with Crippen LogP contribution < -0.4 is 15.2 Å². The Morgan fingerprint density at radius 3 is 2.20 bits per heavy atom. The molecule has 5 heteroatoms. The van der Waals surface area contributed by atoms with Crippen molar-refractivity contribution in [3.05, 3.63) is 59.2 Å². The van der Waals surface area contributed by atoms with E-state index in [2.05, 4.69) is 0 Å². The van der Waals surface area contributed by atoms with Gasteiger partial charge in [0.25, 0.3) is 0 Å². The minimum Gasteiger partial charge on any atom is -0.486 e. The second-order valence-electron chi connectivity index (χ2n) is 4.58. The molecular formula is C15H13F2NO2. The van der Waals surface area contributed by atoms with Crippen molar-refractivity contribution in [2.45, 2.75) is 6.04 Å². The number of rotatable bonds is 2. The van der Waals surface area contributed by atoms with E-state index in [0.717, 1.165) is 6.07 Å². The maximum Gasteiger partial charge on any atom is 0.161 e. The van der Waals surface area contributed by atoms with E-state index >= 15 is 0 Å². The van der Waals surface area contributed by atoms with Crippen molar-refractivity contribution in [2.24, 2.45) is 5.73 Å². The Kier molecular flexibility index (Phi) is 3.28. The van der Waals surface area contributed by atoms with Gasteiger partial charge in [0, 0.05) is 6.07 Å². The first kappa shape index (κ1) is 12.9. The molecule has 0 bridgehead atoms. The Bertz CT molecular complexity index is 626. The molecule has 1 aliphatic rings. The Hall–Kier alpha value is -2.14. The van der Waals surface area contributed by atoms with Gasteiger partial charge in [0.2, 0.25) is 0 Å². The fourth-order valence-corrected chi connectivity index (χ4v) is 2.20. The van der Waals surface area contributed by atoms with E-state index in [1.165, 1.54) is 12.1 Å². The highest BCUT2D eigenvalue weighted by molar-refractivity contribution is 5.46. The number of fused-ring (bicyclic) bond motifs is 1. The first-order chi connectivity index (χ1) is 9.63. The molecule has 0 radical (unpaired) electrons. The normalized spacial score (nSPS) is 14.9. The summed E-state index contributed by atoms with van der Waals surface area (Å²) in [6, 6.07) is 7.90. The standard InChI is InChI=1S/C15H13F2NO2/c16-11-5-10(6-12(17)8-11)15(18)9-1-2-13-14(7-9)20-4-3-19-13/h1-2,5-8,15H,3-4,18H2.